The summed E-state index contributed by atoms with van der Waals surface area (Å²) in [6.07, 6.45) is 1.05. The van der Waals surface area contributed by atoms with Gasteiger partial charge in [-0.25, -0.2) is 0 Å². The molecule has 0 spiro atoms. The van der Waals surface area contributed by atoms with Crippen molar-refractivity contribution in [3.05, 3.63) is 59.4 Å². The summed E-state index contributed by atoms with van der Waals surface area (Å²) in [6, 6.07) is 14.5. The third-order valence-electron chi connectivity index (χ3n) is 2.80. The van der Waals surface area contributed by atoms with Gasteiger partial charge < -0.3 is 5.32 Å². The molecule has 1 heterocycles. The van der Waals surface area contributed by atoms with Crippen LogP contribution in [0.4, 0.5) is 5.69 Å². The van der Waals surface area contributed by atoms with Gasteiger partial charge in [0.25, 0.3) is 0 Å². The maximum absolute atomic E-state index is 4.48. The number of hydrogen-bond donors (Lipinski definition) is 1. The summed E-state index contributed by atoms with van der Waals surface area (Å²) in [5, 5.41) is 3.45. The second kappa shape index (κ2) is 5.48. The topological polar surface area (TPSA) is 24.9 Å². The molecule has 1 aromatic heterocycles. The summed E-state index contributed by atoms with van der Waals surface area (Å²) in [5.41, 5.74) is 4.70. The van der Waals surface area contributed by atoms with Crippen molar-refractivity contribution in [2.45, 2.75) is 26.8 Å². The molecule has 0 radical (unpaired) electrons. The van der Waals surface area contributed by atoms with E-state index in [0.29, 0.717) is 0 Å². The second-order valence-corrected chi connectivity index (χ2v) is 4.13. The number of nitrogens with zero attached hydrogens (tertiary/aromatic N) is 1. The van der Waals surface area contributed by atoms with E-state index in [1.54, 1.807) is 0 Å². The third-order valence-corrected chi connectivity index (χ3v) is 2.80. The lowest BCUT2D eigenvalue weighted by Gasteiger charge is -2.10. The highest BCUT2D eigenvalue weighted by atomic mass is 14.9. The van der Waals surface area contributed by atoms with Gasteiger partial charge in [0, 0.05) is 11.4 Å². The van der Waals surface area contributed by atoms with E-state index in [1.807, 2.05) is 19.1 Å². The van der Waals surface area contributed by atoms with Crippen LogP contribution in [0.5, 0.6) is 0 Å². The predicted octanol–water partition coefficient (Wildman–Crippen LogP) is 3.56. The Bertz CT molecular complexity index is 492. The highest BCUT2D eigenvalue weighted by Gasteiger charge is 1.99. The van der Waals surface area contributed by atoms with E-state index in [0.717, 1.165) is 24.4 Å². The Balaban J connectivity index is 2.07. The van der Waals surface area contributed by atoms with Crippen molar-refractivity contribution >= 4 is 5.69 Å². The Labute approximate surface area is 103 Å². The number of nitrogens with one attached hydrogen (secondary N) is 1. The van der Waals surface area contributed by atoms with E-state index in [9.17, 15) is 0 Å². The molecule has 1 aromatic carbocycles. The molecule has 0 fully saturated rings. The van der Waals surface area contributed by atoms with Crippen LogP contribution in [0.25, 0.3) is 0 Å². The SMILES string of the molecule is CCc1ccccc1NCc1cccc(C)n1. The monoisotopic (exact) mass is 226 g/mol. The summed E-state index contributed by atoms with van der Waals surface area (Å²) >= 11 is 0. The number of para-hydroxylation sites is 1. The molecule has 2 rings (SSSR count). The number of pyridine rings is 1. The van der Waals surface area contributed by atoms with E-state index in [4.69, 9.17) is 0 Å². The third kappa shape index (κ3) is 3.06. The van der Waals surface area contributed by atoms with Crippen LogP contribution in [0, 0.1) is 6.92 Å². The summed E-state index contributed by atoms with van der Waals surface area (Å²) < 4.78 is 0. The summed E-state index contributed by atoms with van der Waals surface area (Å²) in [5.74, 6) is 0. The first-order valence-electron chi connectivity index (χ1n) is 6.04. The predicted molar refractivity (Wildman–Crippen MR) is 72.1 cm³/mol. The van der Waals surface area contributed by atoms with Gasteiger partial charge in [0.2, 0.25) is 0 Å². The molecule has 17 heavy (non-hydrogen) atoms. The Morgan fingerprint density at radius 3 is 2.65 bits per heavy atom. The van der Waals surface area contributed by atoms with Crippen LogP contribution in [0.15, 0.2) is 42.5 Å². The van der Waals surface area contributed by atoms with Gasteiger partial charge in [0.15, 0.2) is 0 Å². The van der Waals surface area contributed by atoms with Gasteiger partial charge in [-0.2, -0.15) is 0 Å². The zero-order chi connectivity index (χ0) is 12.1. The Kier molecular flexibility index (Phi) is 3.76. The van der Waals surface area contributed by atoms with E-state index in [2.05, 4.69) is 47.6 Å². The number of aryl methyl sites for hydroxylation is 2. The average Bonchev–Trinajstić information content (AvgIpc) is 2.37. The highest BCUT2D eigenvalue weighted by Crippen LogP contribution is 2.16. The minimum Gasteiger partial charge on any atom is -0.379 e. The number of benzene rings is 1. The summed E-state index contributed by atoms with van der Waals surface area (Å²) in [7, 11) is 0. The first-order valence-corrected chi connectivity index (χ1v) is 6.04. The van der Waals surface area contributed by atoms with Crippen molar-refractivity contribution in [1.82, 2.24) is 4.98 Å². The maximum Gasteiger partial charge on any atom is 0.0597 e. The molecule has 0 atom stereocenters. The van der Waals surface area contributed by atoms with Crippen molar-refractivity contribution in [1.29, 1.82) is 0 Å². The van der Waals surface area contributed by atoms with Gasteiger partial charge in [0.1, 0.15) is 0 Å². The minimum atomic E-state index is 0.776. The maximum atomic E-state index is 4.48. The molecule has 2 heteroatoms. The highest BCUT2D eigenvalue weighted by molar-refractivity contribution is 5.51. The van der Waals surface area contributed by atoms with E-state index in [1.165, 1.54) is 11.3 Å². The van der Waals surface area contributed by atoms with Crippen LogP contribution < -0.4 is 5.32 Å². The van der Waals surface area contributed by atoms with Crippen LogP contribution in [-0.4, -0.2) is 4.98 Å². The van der Waals surface area contributed by atoms with Crippen molar-refractivity contribution in [3.63, 3.8) is 0 Å². The largest absolute Gasteiger partial charge is 0.379 e. The lowest BCUT2D eigenvalue weighted by atomic mass is 10.1. The molecule has 1 N–H and O–H groups in total. The van der Waals surface area contributed by atoms with Crippen LogP contribution >= 0.6 is 0 Å². The van der Waals surface area contributed by atoms with Gasteiger partial charge >= 0.3 is 0 Å². The number of aromatic nitrogens is 1. The van der Waals surface area contributed by atoms with Crippen molar-refractivity contribution in [2.24, 2.45) is 0 Å². The zero-order valence-electron chi connectivity index (χ0n) is 10.4. The van der Waals surface area contributed by atoms with E-state index < -0.39 is 0 Å². The molecule has 2 nitrogen and oxygen atoms in total. The Morgan fingerprint density at radius 2 is 1.88 bits per heavy atom. The standard InChI is InChI=1S/C15H18N2/c1-3-13-8-4-5-10-15(13)16-11-14-9-6-7-12(2)17-14/h4-10,16H,3,11H2,1-2H3. The molecule has 88 valence electrons. The lowest BCUT2D eigenvalue weighted by molar-refractivity contribution is 1.01. The molecule has 0 saturated heterocycles. The van der Waals surface area contributed by atoms with Crippen LogP contribution in [0.2, 0.25) is 0 Å². The van der Waals surface area contributed by atoms with Crippen molar-refractivity contribution in [2.75, 3.05) is 5.32 Å². The Hall–Kier alpha value is -1.83. The smallest absolute Gasteiger partial charge is 0.0597 e. The molecule has 0 aliphatic carbocycles. The first-order chi connectivity index (χ1) is 8.29. The molecule has 0 aliphatic rings. The lowest BCUT2D eigenvalue weighted by Crippen LogP contribution is -2.04. The molecule has 0 bridgehead atoms. The van der Waals surface area contributed by atoms with Crippen molar-refractivity contribution < 1.29 is 0 Å². The molecular weight excluding hydrogens is 208 g/mol. The van der Waals surface area contributed by atoms with Gasteiger partial charge in [-0.15, -0.1) is 0 Å². The molecule has 0 saturated carbocycles. The molecule has 2 aromatic rings. The summed E-state index contributed by atoms with van der Waals surface area (Å²) in [6.45, 7) is 4.97. The fourth-order valence-electron chi connectivity index (χ4n) is 1.88. The minimum absolute atomic E-state index is 0.776. The molecular formula is C15H18N2. The van der Waals surface area contributed by atoms with Crippen LogP contribution in [0.1, 0.15) is 23.9 Å². The van der Waals surface area contributed by atoms with E-state index >= 15 is 0 Å². The van der Waals surface area contributed by atoms with Gasteiger partial charge in [-0.1, -0.05) is 31.2 Å². The summed E-state index contributed by atoms with van der Waals surface area (Å²) in [4.78, 5) is 4.48. The quantitative estimate of drug-likeness (QED) is 0.862. The fourth-order valence-corrected chi connectivity index (χ4v) is 1.88. The number of hydrogen-bond acceptors (Lipinski definition) is 2. The van der Waals surface area contributed by atoms with Gasteiger partial charge in [-0.3, -0.25) is 4.98 Å². The molecule has 0 amide bonds. The second-order valence-electron chi connectivity index (χ2n) is 4.13. The van der Waals surface area contributed by atoms with Crippen LogP contribution in [-0.2, 0) is 13.0 Å². The number of rotatable bonds is 4. The molecule has 0 unspecified atom stereocenters. The van der Waals surface area contributed by atoms with Crippen molar-refractivity contribution in [3.8, 4) is 0 Å². The molecule has 0 aliphatic heterocycles. The van der Waals surface area contributed by atoms with Crippen LogP contribution in [0.3, 0.4) is 0 Å². The number of anilines is 1. The Morgan fingerprint density at radius 1 is 1.06 bits per heavy atom. The first kappa shape index (κ1) is 11.6. The zero-order valence-corrected chi connectivity index (χ0v) is 10.4. The van der Waals surface area contributed by atoms with Gasteiger partial charge in [0.05, 0.1) is 12.2 Å². The van der Waals surface area contributed by atoms with E-state index in [-0.39, 0.29) is 0 Å². The normalized spacial score (nSPS) is 10.2. The fraction of sp³-hybridized carbons (Fsp3) is 0.267. The van der Waals surface area contributed by atoms with Gasteiger partial charge in [-0.05, 0) is 37.1 Å². The average molecular weight is 226 g/mol.